The van der Waals surface area contributed by atoms with Crippen LogP contribution in [0.15, 0.2) is 11.9 Å². The number of rotatable bonds is 2. The SMILES string of the molecule is O=[P+](O)C=CCC(F)(F)F. The van der Waals surface area contributed by atoms with Gasteiger partial charge in [-0.3, -0.25) is 0 Å². The third-order valence-corrected chi connectivity index (χ3v) is 1.05. The van der Waals surface area contributed by atoms with Gasteiger partial charge in [-0.1, -0.05) is 0 Å². The van der Waals surface area contributed by atoms with Crippen LogP contribution in [0.4, 0.5) is 13.2 Å². The smallest absolute Gasteiger partial charge is 0.171 e. The Morgan fingerprint density at radius 2 is 2.00 bits per heavy atom. The minimum absolute atomic E-state index is 0.614. The van der Waals surface area contributed by atoms with Gasteiger partial charge in [-0.25, -0.2) is 0 Å². The Bertz CT molecular complexity index is 151. The van der Waals surface area contributed by atoms with Crippen molar-refractivity contribution in [1.82, 2.24) is 0 Å². The van der Waals surface area contributed by atoms with Crippen molar-refractivity contribution in [3.63, 3.8) is 0 Å². The molecule has 0 amide bonds. The van der Waals surface area contributed by atoms with E-state index >= 15 is 0 Å². The summed E-state index contributed by atoms with van der Waals surface area (Å²) in [7, 11) is -2.58. The maximum absolute atomic E-state index is 11.3. The zero-order chi connectivity index (χ0) is 8.20. The monoisotopic (exact) mass is 173 g/mol. The minimum atomic E-state index is -4.29. The Balaban J connectivity index is 3.64. The van der Waals surface area contributed by atoms with Crippen LogP contribution >= 0.6 is 8.03 Å². The van der Waals surface area contributed by atoms with Gasteiger partial charge in [0.25, 0.3) is 0 Å². The lowest BCUT2D eigenvalue weighted by Crippen LogP contribution is -2.03. The molecule has 1 unspecified atom stereocenters. The summed E-state index contributed by atoms with van der Waals surface area (Å²) in [5.74, 6) is 0.614. The molecule has 0 saturated heterocycles. The zero-order valence-corrected chi connectivity index (χ0v) is 5.69. The topological polar surface area (TPSA) is 37.3 Å². The summed E-state index contributed by atoms with van der Waals surface area (Å²) in [4.78, 5) is 8.00. The predicted molar refractivity (Wildman–Crippen MR) is 29.6 cm³/mol. The Kier molecular flexibility index (Phi) is 3.53. The summed E-state index contributed by atoms with van der Waals surface area (Å²) in [6.45, 7) is 0. The number of allylic oxidation sites excluding steroid dienone is 1. The predicted octanol–water partition coefficient (Wildman–Crippen LogP) is 2.19. The van der Waals surface area contributed by atoms with E-state index in [9.17, 15) is 17.7 Å². The van der Waals surface area contributed by atoms with E-state index in [0.29, 0.717) is 11.9 Å². The van der Waals surface area contributed by atoms with E-state index < -0.39 is 20.6 Å². The second kappa shape index (κ2) is 3.68. The normalized spacial score (nSPS) is 14.2. The van der Waals surface area contributed by atoms with Gasteiger partial charge in [0.05, 0.1) is 6.42 Å². The summed E-state index contributed by atoms with van der Waals surface area (Å²) in [6, 6.07) is 0. The molecule has 1 atom stereocenters. The van der Waals surface area contributed by atoms with Gasteiger partial charge in [0, 0.05) is 0 Å². The van der Waals surface area contributed by atoms with Gasteiger partial charge in [-0.05, 0) is 10.6 Å². The fourth-order valence-electron chi connectivity index (χ4n) is 0.277. The molecule has 1 N–H and O–H groups in total. The molecular formula is C4H5F3O2P+. The molecule has 0 aromatic rings. The van der Waals surface area contributed by atoms with Crippen molar-refractivity contribution in [3.8, 4) is 0 Å². The first-order valence-corrected chi connectivity index (χ1v) is 3.58. The highest BCUT2D eigenvalue weighted by Crippen LogP contribution is 2.22. The average molecular weight is 173 g/mol. The van der Waals surface area contributed by atoms with E-state index in [0.717, 1.165) is 0 Å². The second-order valence-electron chi connectivity index (χ2n) is 1.51. The van der Waals surface area contributed by atoms with E-state index in [1.165, 1.54) is 0 Å². The lowest BCUT2D eigenvalue weighted by Gasteiger charge is -1.97. The summed E-state index contributed by atoms with van der Waals surface area (Å²) < 4.78 is 43.6. The van der Waals surface area contributed by atoms with Crippen molar-refractivity contribution in [1.29, 1.82) is 0 Å². The molecule has 0 rings (SSSR count). The molecule has 0 aromatic carbocycles. The molecule has 0 spiro atoms. The van der Waals surface area contributed by atoms with Crippen LogP contribution in [0.1, 0.15) is 6.42 Å². The molecule has 0 aromatic heterocycles. The lowest BCUT2D eigenvalue weighted by atomic mass is 10.4. The van der Waals surface area contributed by atoms with Gasteiger partial charge in [0.1, 0.15) is 0 Å². The van der Waals surface area contributed by atoms with Crippen molar-refractivity contribution in [2.45, 2.75) is 12.6 Å². The largest absolute Gasteiger partial charge is 0.537 e. The van der Waals surface area contributed by atoms with Crippen LogP contribution < -0.4 is 0 Å². The Morgan fingerprint density at radius 3 is 2.30 bits per heavy atom. The van der Waals surface area contributed by atoms with Gasteiger partial charge in [-0.15, -0.1) is 0 Å². The molecule has 0 aliphatic carbocycles. The van der Waals surface area contributed by atoms with Gasteiger partial charge in [0.2, 0.25) is 0 Å². The molecule has 0 aliphatic heterocycles. The maximum Gasteiger partial charge on any atom is 0.537 e. The summed E-state index contributed by atoms with van der Waals surface area (Å²) in [6.07, 6.45) is -4.82. The molecule has 0 radical (unpaired) electrons. The summed E-state index contributed by atoms with van der Waals surface area (Å²) in [5.41, 5.74) is 0. The quantitative estimate of drug-likeness (QED) is 0.649. The second-order valence-corrected chi connectivity index (χ2v) is 2.41. The van der Waals surface area contributed by atoms with E-state index in [4.69, 9.17) is 4.89 Å². The fraction of sp³-hybridized carbons (Fsp3) is 0.500. The van der Waals surface area contributed by atoms with Crippen LogP contribution in [0.5, 0.6) is 0 Å². The highest BCUT2D eigenvalue weighted by atomic mass is 31.1. The van der Waals surface area contributed by atoms with Crippen LogP contribution in [0.2, 0.25) is 0 Å². The molecule has 2 nitrogen and oxygen atoms in total. The van der Waals surface area contributed by atoms with E-state index in [2.05, 4.69) is 0 Å². The summed E-state index contributed by atoms with van der Waals surface area (Å²) >= 11 is 0. The number of alkyl halides is 3. The number of hydrogen-bond donors (Lipinski definition) is 1. The fourth-order valence-corrected chi connectivity index (χ4v) is 0.562. The molecule has 6 heteroatoms. The van der Waals surface area contributed by atoms with Crippen LogP contribution in [-0.4, -0.2) is 11.1 Å². The van der Waals surface area contributed by atoms with Gasteiger partial charge < -0.3 is 0 Å². The average Bonchev–Trinajstić information content (AvgIpc) is 1.59. The van der Waals surface area contributed by atoms with Gasteiger partial charge in [-0.2, -0.15) is 18.1 Å². The van der Waals surface area contributed by atoms with E-state index in [1.54, 1.807) is 0 Å². The molecule has 58 valence electrons. The van der Waals surface area contributed by atoms with Crippen LogP contribution in [0.25, 0.3) is 0 Å². The van der Waals surface area contributed by atoms with Crippen molar-refractivity contribution < 1.29 is 22.6 Å². The molecule has 10 heavy (non-hydrogen) atoms. The highest BCUT2D eigenvalue weighted by Gasteiger charge is 2.25. The minimum Gasteiger partial charge on any atom is -0.171 e. The van der Waals surface area contributed by atoms with E-state index in [1.807, 2.05) is 0 Å². The molecular weight excluding hydrogens is 168 g/mol. The molecule has 0 bridgehead atoms. The van der Waals surface area contributed by atoms with Crippen molar-refractivity contribution in [2.24, 2.45) is 0 Å². The first-order valence-electron chi connectivity index (χ1n) is 2.30. The van der Waals surface area contributed by atoms with Crippen molar-refractivity contribution in [3.05, 3.63) is 11.9 Å². The third-order valence-electron chi connectivity index (χ3n) is 0.582. The number of hydrogen-bond acceptors (Lipinski definition) is 1. The first-order chi connectivity index (χ1) is 4.42. The van der Waals surface area contributed by atoms with E-state index in [-0.39, 0.29) is 0 Å². The molecule has 0 fully saturated rings. The van der Waals surface area contributed by atoms with Crippen LogP contribution in [0.3, 0.4) is 0 Å². The standard InChI is InChI=1S/C4H4F3O2P/c5-4(6,7)2-1-3-10(8)9/h1,3H,2H2/p+1. The van der Waals surface area contributed by atoms with Crippen LogP contribution in [0, 0.1) is 0 Å². The first kappa shape index (κ1) is 9.59. The number of halogens is 3. The van der Waals surface area contributed by atoms with Gasteiger partial charge in [0.15, 0.2) is 5.82 Å². The molecule has 0 heterocycles. The third kappa shape index (κ3) is 7.59. The van der Waals surface area contributed by atoms with Crippen molar-refractivity contribution in [2.75, 3.05) is 0 Å². The Hall–Kier alpha value is -0.410. The van der Waals surface area contributed by atoms with Crippen LogP contribution in [-0.2, 0) is 4.57 Å². The lowest BCUT2D eigenvalue weighted by molar-refractivity contribution is -0.124. The Labute approximate surface area is 56.2 Å². The zero-order valence-electron chi connectivity index (χ0n) is 4.80. The molecule has 0 saturated carbocycles. The van der Waals surface area contributed by atoms with Gasteiger partial charge >= 0.3 is 14.2 Å². The summed E-state index contributed by atoms with van der Waals surface area (Å²) in [5, 5.41) is 0. The van der Waals surface area contributed by atoms with Crippen molar-refractivity contribution >= 4 is 8.03 Å². The Morgan fingerprint density at radius 1 is 1.50 bits per heavy atom. The highest BCUT2D eigenvalue weighted by molar-refractivity contribution is 7.41. The maximum atomic E-state index is 11.3. The molecule has 0 aliphatic rings.